The van der Waals surface area contributed by atoms with Crippen molar-refractivity contribution in [3.63, 3.8) is 0 Å². The van der Waals surface area contributed by atoms with E-state index in [2.05, 4.69) is 10.6 Å². The van der Waals surface area contributed by atoms with Crippen LogP contribution in [0.2, 0.25) is 0 Å². The molecule has 39 heavy (non-hydrogen) atoms. The van der Waals surface area contributed by atoms with E-state index < -0.39 is 18.2 Å². The second kappa shape index (κ2) is 9.89. The van der Waals surface area contributed by atoms with Gasteiger partial charge in [-0.1, -0.05) is 18.2 Å². The molecule has 0 aromatic heterocycles. The van der Waals surface area contributed by atoms with Crippen LogP contribution in [0.5, 0.6) is 0 Å². The minimum Gasteiger partial charge on any atom is -0.341 e. The Morgan fingerprint density at radius 3 is 2.69 bits per heavy atom. The summed E-state index contributed by atoms with van der Waals surface area (Å²) < 4.78 is 25.9. The van der Waals surface area contributed by atoms with Crippen molar-refractivity contribution in [2.75, 3.05) is 32.0 Å². The quantitative estimate of drug-likeness (QED) is 0.587. The first-order valence-corrected chi connectivity index (χ1v) is 13.3. The van der Waals surface area contributed by atoms with Crippen molar-refractivity contribution in [1.29, 1.82) is 0 Å². The van der Waals surface area contributed by atoms with Crippen molar-refractivity contribution >= 4 is 23.5 Å². The van der Waals surface area contributed by atoms with Crippen LogP contribution in [0.3, 0.4) is 0 Å². The highest BCUT2D eigenvalue weighted by Gasteiger charge is 2.66. The second-order valence-corrected chi connectivity index (χ2v) is 10.6. The van der Waals surface area contributed by atoms with Gasteiger partial charge in [-0.3, -0.25) is 9.59 Å². The second-order valence-electron chi connectivity index (χ2n) is 10.6. The Morgan fingerprint density at radius 1 is 1.18 bits per heavy atom. The third kappa shape index (κ3) is 4.54. The Hall–Kier alpha value is -3.54. The number of nitrogens with one attached hydrogen (secondary N) is 2. The molecule has 4 aliphatic heterocycles. The molecule has 0 radical (unpaired) electrons. The van der Waals surface area contributed by atoms with E-state index in [0.717, 1.165) is 23.1 Å². The molecule has 0 saturated carbocycles. The van der Waals surface area contributed by atoms with Crippen LogP contribution >= 0.6 is 0 Å². The summed E-state index contributed by atoms with van der Waals surface area (Å²) in [6.45, 7) is 3.06. The van der Waals surface area contributed by atoms with Crippen molar-refractivity contribution < 1.29 is 28.2 Å². The van der Waals surface area contributed by atoms with Crippen molar-refractivity contribution in [1.82, 2.24) is 20.0 Å². The number of halogens is 1. The summed E-state index contributed by atoms with van der Waals surface area (Å²) in [7, 11) is 1.57. The molecule has 206 valence electrons. The normalized spacial score (nSPS) is 26.8. The standard InChI is InChI=1S/C28H32FN5O5/c1-17(35)32-12-10-22(15-32)33(14-18-3-5-20(29)6-4-18)24(36)16-34-25-28(39-27(34)38-25)11-9-19-13-21(7-8-23(19)28)31-26(37)30-2/h3-8,13,22,25,27H,9-12,14-16H2,1-2H3,(H2,30,31,37)/t22-,25?,27?,28-/m1/s1. The number of hydrogen-bond acceptors (Lipinski definition) is 6. The van der Waals surface area contributed by atoms with Gasteiger partial charge in [-0.2, -0.15) is 0 Å². The summed E-state index contributed by atoms with van der Waals surface area (Å²) in [5.41, 5.74) is 2.97. The number of urea groups is 1. The fraction of sp³-hybridized carbons (Fsp3) is 0.464. The van der Waals surface area contributed by atoms with Gasteiger partial charge >= 0.3 is 6.03 Å². The highest BCUT2D eigenvalue weighted by molar-refractivity contribution is 5.89. The predicted molar refractivity (Wildman–Crippen MR) is 139 cm³/mol. The lowest BCUT2D eigenvalue weighted by Gasteiger charge is -2.41. The van der Waals surface area contributed by atoms with E-state index in [9.17, 15) is 18.8 Å². The van der Waals surface area contributed by atoms with E-state index in [0.29, 0.717) is 38.2 Å². The van der Waals surface area contributed by atoms with Crippen LogP contribution in [0.25, 0.3) is 0 Å². The largest absolute Gasteiger partial charge is 0.341 e. The van der Waals surface area contributed by atoms with E-state index in [1.54, 1.807) is 29.0 Å². The predicted octanol–water partition coefficient (Wildman–Crippen LogP) is 2.34. The minimum absolute atomic E-state index is 0.00945. The summed E-state index contributed by atoms with van der Waals surface area (Å²) >= 11 is 0. The van der Waals surface area contributed by atoms with Crippen molar-refractivity contribution in [2.45, 2.75) is 57.0 Å². The maximum atomic E-state index is 13.8. The van der Waals surface area contributed by atoms with Crippen LogP contribution in [0.1, 0.15) is 36.5 Å². The third-order valence-corrected chi connectivity index (χ3v) is 8.29. The summed E-state index contributed by atoms with van der Waals surface area (Å²) in [6, 6.07) is 11.5. The number of fused-ring (bicyclic) bond motifs is 1. The highest BCUT2D eigenvalue weighted by atomic mass is 19.1. The zero-order valence-electron chi connectivity index (χ0n) is 22.0. The molecule has 4 atom stereocenters. The Balaban J connectivity index is 1.18. The molecule has 2 aromatic carbocycles. The van der Waals surface area contributed by atoms with Crippen molar-refractivity contribution in [2.24, 2.45) is 0 Å². The fourth-order valence-electron chi connectivity index (χ4n) is 6.24. The van der Waals surface area contributed by atoms with Crippen LogP contribution < -0.4 is 10.6 Å². The van der Waals surface area contributed by atoms with Crippen LogP contribution in [0.4, 0.5) is 14.9 Å². The molecule has 2 unspecified atom stereocenters. The first-order chi connectivity index (χ1) is 18.8. The van der Waals surface area contributed by atoms with Crippen molar-refractivity contribution in [3.8, 4) is 0 Å². The van der Waals surface area contributed by atoms with Gasteiger partial charge < -0.3 is 29.9 Å². The van der Waals surface area contributed by atoms with Gasteiger partial charge in [-0.25, -0.2) is 14.1 Å². The smallest absolute Gasteiger partial charge is 0.318 e. The number of aryl methyl sites for hydroxylation is 1. The summed E-state index contributed by atoms with van der Waals surface area (Å²) in [5, 5.41) is 5.35. The number of carbonyl (C=O) groups is 3. The number of benzene rings is 2. The van der Waals surface area contributed by atoms with Crippen LogP contribution in [0.15, 0.2) is 42.5 Å². The molecule has 2 bridgehead atoms. The topological polar surface area (TPSA) is 103 Å². The molecule has 2 N–H and O–H groups in total. The zero-order chi connectivity index (χ0) is 27.3. The third-order valence-electron chi connectivity index (χ3n) is 8.29. The lowest BCUT2D eigenvalue weighted by atomic mass is 9.93. The van der Waals surface area contributed by atoms with Gasteiger partial charge in [0.15, 0.2) is 6.23 Å². The first-order valence-electron chi connectivity index (χ1n) is 13.3. The zero-order valence-corrected chi connectivity index (χ0v) is 22.0. The molecule has 1 spiro atoms. The molecule has 4 saturated heterocycles. The number of amides is 4. The number of carbonyl (C=O) groups excluding carboxylic acids is 3. The van der Waals surface area contributed by atoms with Gasteiger partial charge in [-0.15, -0.1) is 0 Å². The molecule has 11 heteroatoms. The minimum atomic E-state index is -0.660. The van der Waals surface area contributed by atoms with Gasteiger partial charge in [0.25, 0.3) is 0 Å². The van der Waals surface area contributed by atoms with E-state index >= 15 is 0 Å². The highest BCUT2D eigenvalue weighted by Crippen LogP contribution is 2.56. The van der Waals surface area contributed by atoms with E-state index in [-0.39, 0.29) is 36.2 Å². The monoisotopic (exact) mass is 537 g/mol. The molecule has 5 aliphatic rings. The molecule has 2 aromatic rings. The van der Waals surface area contributed by atoms with Crippen molar-refractivity contribution in [3.05, 3.63) is 65.0 Å². The summed E-state index contributed by atoms with van der Waals surface area (Å²) in [4.78, 5) is 43.0. The van der Waals surface area contributed by atoms with Gasteiger partial charge in [0.1, 0.15) is 11.4 Å². The molecule has 4 amide bonds. The maximum absolute atomic E-state index is 13.8. The Morgan fingerprint density at radius 2 is 1.97 bits per heavy atom. The SMILES string of the molecule is CNC(=O)Nc1ccc2c(c1)CC[C@@]21OC2OC1N2CC(=O)N(Cc1ccc(F)cc1)[C@@H]1CCN(C(C)=O)C1. The Labute approximate surface area is 226 Å². The van der Waals surface area contributed by atoms with Gasteiger partial charge in [0.05, 0.1) is 12.6 Å². The number of ether oxygens (including phenoxy) is 2. The number of likely N-dealkylation sites (tertiary alicyclic amines) is 1. The number of hydrogen-bond donors (Lipinski definition) is 2. The number of nitrogens with zero attached hydrogens (tertiary/aromatic N) is 3. The molecule has 7 rings (SSSR count). The summed E-state index contributed by atoms with van der Waals surface area (Å²) in [6.07, 6.45) is 1.17. The van der Waals surface area contributed by atoms with E-state index in [4.69, 9.17) is 9.47 Å². The summed E-state index contributed by atoms with van der Waals surface area (Å²) in [5.74, 6) is -0.424. The Bertz CT molecular complexity index is 1310. The van der Waals surface area contributed by atoms with Gasteiger partial charge in [0, 0.05) is 39.3 Å². The lowest BCUT2D eigenvalue weighted by Crippen LogP contribution is -2.59. The Kier molecular flexibility index (Phi) is 6.52. The molecular formula is C28H32FN5O5. The van der Waals surface area contributed by atoms with Crippen LogP contribution in [0, 0.1) is 5.82 Å². The molecule has 10 nitrogen and oxygen atoms in total. The maximum Gasteiger partial charge on any atom is 0.318 e. The lowest BCUT2D eigenvalue weighted by molar-refractivity contribution is -0.285. The van der Waals surface area contributed by atoms with Gasteiger partial charge in [-0.05, 0) is 60.2 Å². The van der Waals surface area contributed by atoms with Crippen LogP contribution in [-0.2, 0) is 37.6 Å². The molecular weight excluding hydrogens is 505 g/mol. The van der Waals surface area contributed by atoms with Gasteiger partial charge in [0.2, 0.25) is 18.2 Å². The first kappa shape index (κ1) is 25.7. The molecule has 4 heterocycles. The average molecular weight is 538 g/mol. The number of anilines is 1. The van der Waals surface area contributed by atoms with E-state index in [1.165, 1.54) is 19.1 Å². The van der Waals surface area contributed by atoms with Crippen LogP contribution in [-0.4, -0.2) is 77.9 Å². The fourth-order valence-corrected chi connectivity index (χ4v) is 6.24. The molecule has 1 aliphatic carbocycles. The van der Waals surface area contributed by atoms with E-state index in [1.807, 2.05) is 23.1 Å². The molecule has 4 fully saturated rings. The average Bonchev–Trinajstić information content (AvgIpc) is 3.70. The number of rotatable bonds is 6.